The zero-order chi connectivity index (χ0) is 40.1. The molecule has 0 bridgehead atoms. The molecule has 55 heavy (non-hydrogen) atoms. The summed E-state index contributed by atoms with van der Waals surface area (Å²) in [7, 11) is 0. The largest absolute Gasteiger partial charge is 0.462 e. The number of esters is 3. The first-order valence-electron chi connectivity index (χ1n) is 24.2. The maximum absolute atomic E-state index is 12.7. The second kappa shape index (κ2) is 44.9. The monoisotopic (exact) mass is 777 g/mol. The molecule has 0 aromatic heterocycles. The average molecular weight is 777 g/mol. The molecule has 0 amide bonds. The molecule has 0 spiro atoms. The Morgan fingerprint density at radius 3 is 0.927 bits per heavy atom. The fourth-order valence-electron chi connectivity index (χ4n) is 7.08. The molecular weight excluding hydrogens is 685 g/mol. The van der Waals surface area contributed by atoms with E-state index < -0.39 is 6.10 Å². The van der Waals surface area contributed by atoms with E-state index in [1.165, 1.54) is 161 Å². The molecule has 6 heteroatoms. The lowest BCUT2D eigenvalue weighted by atomic mass is 10.0. The summed E-state index contributed by atoms with van der Waals surface area (Å²) < 4.78 is 16.7. The summed E-state index contributed by atoms with van der Waals surface area (Å²) in [6.45, 7) is 6.63. The number of carbonyl (C=O) groups is 3. The van der Waals surface area contributed by atoms with Crippen LogP contribution in [-0.2, 0) is 28.6 Å². The molecule has 0 N–H and O–H groups in total. The molecule has 0 aliphatic carbocycles. The molecule has 1 atom stereocenters. The van der Waals surface area contributed by atoms with Gasteiger partial charge in [-0.3, -0.25) is 14.4 Å². The Morgan fingerprint density at radius 2 is 0.600 bits per heavy atom. The molecule has 0 heterocycles. The highest BCUT2D eigenvalue weighted by Crippen LogP contribution is 2.15. The molecule has 0 aromatic carbocycles. The number of rotatable bonds is 44. The zero-order valence-electron chi connectivity index (χ0n) is 37.0. The van der Waals surface area contributed by atoms with Crippen LogP contribution in [0.25, 0.3) is 0 Å². The molecule has 0 aliphatic rings. The van der Waals surface area contributed by atoms with Crippen molar-refractivity contribution in [1.82, 2.24) is 0 Å². The minimum Gasteiger partial charge on any atom is -0.462 e. The van der Waals surface area contributed by atoms with Crippen molar-refractivity contribution in [2.24, 2.45) is 0 Å². The van der Waals surface area contributed by atoms with Crippen LogP contribution >= 0.6 is 0 Å². The third-order valence-corrected chi connectivity index (χ3v) is 10.8. The van der Waals surface area contributed by atoms with Crippen LogP contribution in [0.4, 0.5) is 0 Å². The summed E-state index contributed by atoms with van der Waals surface area (Å²) in [4.78, 5) is 37.8. The Labute approximate surface area is 341 Å². The van der Waals surface area contributed by atoms with Gasteiger partial charge in [0, 0.05) is 19.3 Å². The van der Waals surface area contributed by atoms with E-state index in [0.29, 0.717) is 19.3 Å². The van der Waals surface area contributed by atoms with Crippen molar-refractivity contribution in [2.45, 2.75) is 271 Å². The third kappa shape index (κ3) is 43.1. The Bertz CT molecular complexity index is 854. The van der Waals surface area contributed by atoms with Gasteiger partial charge in [-0.1, -0.05) is 213 Å². The zero-order valence-corrected chi connectivity index (χ0v) is 37.0. The maximum Gasteiger partial charge on any atom is 0.306 e. The Morgan fingerprint density at radius 1 is 0.345 bits per heavy atom. The average Bonchev–Trinajstić information content (AvgIpc) is 3.18. The van der Waals surface area contributed by atoms with Gasteiger partial charge < -0.3 is 14.2 Å². The van der Waals surface area contributed by atoms with Gasteiger partial charge in [0.2, 0.25) is 0 Å². The van der Waals surface area contributed by atoms with E-state index in [4.69, 9.17) is 14.2 Å². The summed E-state index contributed by atoms with van der Waals surface area (Å²) in [5, 5.41) is 0. The third-order valence-electron chi connectivity index (χ3n) is 10.8. The quantitative estimate of drug-likeness (QED) is 0.0265. The van der Waals surface area contributed by atoms with Gasteiger partial charge >= 0.3 is 17.9 Å². The molecule has 324 valence electrons. The number of allylic oxidation sites excluding steroid dienone is 2. The van der Waals surface area contributed by atoms with Crippen LogP contribution in [-0.4, -0.2) is 37.2 Å². The van der Waals surface area contributed by atoms with Gasteiger partial charge in [0.15, 0.2) is 6.10 Å². The van der Waals surface area contributed by atoms with Crippen molar-refractivity contribution < 1.29 is 28.6 Å². The smallest absolute Gasteiger partial charge is 0.306 e. The molecule has 0 rings (SSSR count). The van der Waals surface area contributed by atoms with Crippen LogP contribution in [0.3, 0.4) is 0 Å². The molecule has 0 fully saturated rings. The van der Waals surface area contributed by atoms with Crippen LogP contribution < -0.4 is 0 Å². The summed E-state index contributed by atoms with van der Waals surface area (Å²) in [5.41, 5.74) is 0. The van der Waals surface area contributed by atoms with Crippen LogP contribution in [0.15, 0.2) is 12.2 Å². The highest BCUT2D eigenvalue weighted by molar-refractivity contribution is 5.71. The molecular formula is C49H92O6. The SMILES string of the molecule is CCCCCCCCC/C=C\CCCCCC(=O)OCC(COC(=O)CCCCCCCCCCCCC)OC(=O)CCCCCCCCCCCCCC. The number of hydrogen-bond acceptors (Lipinski definition) is 6. The van der Waals surface area contributed by atoms with Crippen LogP contribution in [0.1, 0.15) is 265 Å². The van der Waals surface area contributed by atoms with Gasteiger partial charge in [-0.2, -0.15) is 0 Å². The van der Waals surface area contributed by atoms with Crippen LogP contribution in [0.5, 0.6) is 0 Å². The number of hydrogen-bond donors (Lipinski definition) is 0. The Hall–Kier alpha value is -1.85. The summed E-state index contributed by atoms with van der Waals surface area (Å²) in [6.07, 6.45) is 47.6. The second-order valence-corrected chi connectivity index (χ2v) is 16.4. The van der Waals surface area contributed by atoms with Gasteiger partial charge in [0.1, 0.15) is 13.2 Å². The van der Waals surface area contributed by atoms with Gasteiger partial charge in [0.25, 0.3) is 0 Å². The predicted molar refractivity (Wildman–Crippen MR) is 233 cm³/mol. The first-order chi connectivity index (χ1) is 27.0. The fourth-order valence-corrected chi connectivity index (χ4v) is 7.08. The topological polar surface area (TPSA) is 78.9 Å². The Kier molecular flexibility index (Phi) is 43.4. The van der Waals surface area contributed by atoms with E-state index in [2.05, 4.69) is 32.9 Å². The van der Waals surface area contributed by atoms with E-state index in [1.807, 2.05) is 0 Å². The Balaban J connectivity index is 4.35. The summed E-state index contributed by atoms with van der Waals surface area (Å²) in [5.74, 6) is -0.876. The molecule has 0 radical (unpaired) electrons. The second-order valence-electron chi connectivity index (χ2n) is 16.4. The van der Waals surface area contributed by atoms with Gasteiger partial charge in [0.05, 0.1) is 0 Å². The van der Waals surface area contributed by atoms with Crippen molar-refractivity contribution >= 4 is 17.9 Å². The minimum atomic E-state index is -0.767. The maximum atomic E-state index is 12.7. The first kappa shape index (κ1) is 53.1. The van der Waals surface area contributed by atoms with E-state index >= 15 is 0 Å². The molecule has 1 unspecified atom stereocenters. The summed E-state index contributed by atoms with van der Waals surface area (Å²) in [6, 6.07) is 0. The number of carbonyl (C=O) groups excluding carboxylic acids is 3. The van der Waals surface area contributed by atoms with Crippen molar-refractivity contribution in [3.63, 3.8) is 0 Å². The molecule has 0 aromatic rings. The molecule has 6 nitrogen and oxygen atoms in total. The van der Waals surface area contributed by atoms with Crippen LogP contribution in [0, 0.1) is 0 Å². The first-order valence-corrected chi connectivity index (χ1v) is 24.2. The van der Waals surface area contributed by atoms with E-state index in [0.717, 1.165) is 64.2 Å². The highest BCUT2D eigenvalue weighted by Gasteiger charge is 2.19. The van der Waals surface area contributed by atoms with Crippen molar-refractivity contribution in [2.75, 3.05) is 13.2 Å². The predicted octanol–water partition coefficient (Wildman–Crippen LogP) is 15.4. The van der Waals surface area contributed by atoms with E-state index in [1.54, 1.807) is 0 Å². The molecule has 0 saturated heterocycles. The van der Waals surface area contributed by atoms with E-state index in [-0.39, 0.29) is 31.1 Å². The van der Waals surface area contributed by atoms with Crippen molar-refractivity contribution in [1.29, 1.82) is 0 Å². The minimum absolute atomic E-state index is 0.0699. The van der Waals surface area contributed by atoms with Gasteiger partial charge in [-0.25, -0.2) is 0 Å². The van der Waals surface area contributed by atoms with E-state index in [9.17, 15) is 14.4 Å². The highest BCUT2D eigenvalue weighted by atomic mass is 16.6. The fraction of sp³-hybridized carbons (Fsp3) is 0.898. The number of unbranched alkanes of at least 4 members (excludes halogenated alkanes) is 31. The standard InChI is InChI=1S/C49H92O6/c1-4-7-10-13-16-19-22-24-25-28-30-33-36-39-42-48(51)54-45-46(44-53-47(50)41-38-35-32-29-26-21-18-15-12-9-6-3)55-49(52)43-40-37-34-31-27-23-20-17-14-11-8-5-2/h25,28,46H,4-24,26-27,29-45H2,1-3H3/b28-25-. The van der Waals surface area contributed by atoms with Crippen molar-refractivity contribution in [3.8, 4) is 0 Å². The van der Waals surface area contributed by atoms with Gasteiger partial charge in [-0.05, 0) is 44.9 Å². The number of ether oxygens (including phenoxy) is 3. The lowest BCUT2D eigenvalue weighted by molar-refractivity contribution is -0.167. The molecule has 0 aliphatic heterocycles. The normalized spacial score (nSPS) is 12.0. The van der Waals surface area contributed by atoms with Gasteiger partial charge in [-0.15, -0.1) is 0 Å². The van der Waals surface area contributed by atoms with Crippen LogP contribution in [0.2, 0.25) is 0 Å². The summed E-state index contributed by atoms with van der Waals surface area (Å²) >= 11 is 0. The lowest BCUT2D eigenvalue weighted by Crippen LogP contribution is -2.30. The lowest BCUT2D eigenvalue weighted by Gasteiger charge is -2.18. The van der Waals surface area contributed by atoms with Crippen molar-refractivity contribution in [3.05, 3.63) is 12.2 Å². The molecule has 0 saturated carbocycles.